The molecule has 0 bridgehead atoms. The molecule has 320 valence electrons. The number of benzene rings is 2. The number of hydrogen-bond acceptors (Lipinski definition) is 15. The highest BCUT2D eigenvalue weighted by Gasteiger charge is 2.30. The fourth-order valence-corrected chi connectivity index (χ4v) is 9.83. The van der Waals surface area contributed by atoms with Crippen molar-refractivity contribution in [2.24, 2.45) is 0 Å². The SMILES string of the molecule is CC(C)c1cc(C(=O)N2Cc3ccc(CN4CCN(C(=O)OC5CCN(Cc6cc7nc(-c8cnc(N)nc8)nc(N8CCOCC8)c7s6)CC5)CC4)cc3C2)c(O)cc1O. The highest BCUT2D eigenvalue weighted by atomic mass is 32.1. The number of aromatic nitrogens is 4. The average molecular weight is 849 g/mol. The largest absolute Gasteiger partial charge is 0.508 e. The second-order valence-electron chi connectivity index (χ2n) is 16.7. The second-order valence-corrected chi connectivity index (χ2v) is 17.8. The summed E-state index contributed by atoms with van der Waals surface area (Å²) in [5, 5.41) is 20.7. The number of carbonyl (C=O) groups is 2. The minimum Gasteiger partial charge on any atom is -0.508 e. The molecule has 16 nitrogen and oxygen atoms in total. The van der Waals surface area contributed by atoms with Crippen molar-refractivity contribution in [2.75, 3.05) is 76.2 Å². The van der Waals surface area contributed by atoms with E-state index in [0.29, 0.717) is 56.3 Å². The molecule has 0 unspecified atom stereocenters. The Morgan fingerprint density at radius 1 is 0.852 bits per heavy atom. The average Bonchev–Trinajstić information content (AvgIpc) is 3.88. The van der Waals surface area contributed by atoms with Crippen molar-refractivity contribution in [3.8, 4) is 22.9 Å². The van der Waals surface area contributed by atoms with Crippen LogP contribution in [0.4, 0.5) is 16.6 Å². The van der Waals surface area contributed by atoms with Crippen LogP contribution >= 0.6 is 11.3 Å². The first kappa shape index (κ1) is 40.8. The maximum atomic E-state index is 13.5. The Labute approximate surface area is 358 Å². The summed E-state index contributed by atoms with van der Waals surface area (Å²) in [5.74, 6) is 1.22. The third kappa shape index (κ3) is 8.91. The number of aromatic hydroxyl groups is 2. The van der Waals surface area contributed by atoms with E-state index in [1.807, 2.05) is 18.7 Å². The molecule has 3 fully saturated rings. The van der Waals surface area contributed by atoms with E-state index in [2.05, 4.69) is 48.9 Å². The summed E-state index contributed by atoms with van der Waals surface area (Å²) in [6.07, 6.45) is 4.54. The molecule has 2 amide bonds. The monoisotopic (exact) mass is 848 g/mol. The maximum Gasteiger partial charge on any atom is 0.410 e. The number of ether oxygens (including phenoxy) is 2. The summed E-state index contributed by atoms with van der Waals surface area (Å²) in [5.41, 5.74) is 11.5. The van der Waals surface area contributed by atoms with Gasteiger partial charge in [0, 0.05) is 102 Å². The van der Waals surface area contributed by atoms with Crippen molar-refractivity contribution in [1.82, 2.24) is 39.5 Å². The molecule has 0 radical (unpaired) electrons. The number of likely N-dealkylation sites (tertiary alicyclic amines) is 1. The van der Waals surface area contributed by atoms with E-state index < -0.39 is 0 Å². The van der Waals surface area contributed by atoms with E-state index in [-0.39, 0.29) is 47.0 Å². The first-order chi connectivity index (χ1) is 29.5. The van der Waals surface area contributed by atoms with Crippen molar-refractivity contribution >= 4 is 45.3 Å². The van der Waals surface area contributed by atoms with Crippen LogP contribution in [0.5, 0.6) is 11.5 Å². The van der Waals surface area contributed by atoms with Gasteiger partial charge in [-0.3, -0.25) is 14.6 Å². The van der Waals surface area contributed by atoms with Crippen LogP contribution in [0, 0.1) is 0 Å². The summed E-state index contributed by atoms with van der Waals surface area (Å²) in [4.78, 5) is 56.8. The van der Waals surface area contributed by atoms with Crippen molar-refractivity contribution in [1.29, 1.82) is 0 Å². The Kier molecular flexibility index (Phi) is 11.6. The number of thiophene rings is 1. The predicted octanol–water partition coefficient (Wildman–Crippen LogP) is 5.18. The normalized spacial score (nSPS) is 18.0. The molecule has 61 heavy (non-hydrogen) atoms. The summed E-state index contributed by atoms with van der Waals surface area (Å²) < 4.78 is 12.7. The van der Waals surface area contributed by atoms with Crippen LogP contribution in [0.2, 0.25) is 0 Å². The molecule has 4 N–H and O–H groups in total. The second kappa shape index (κ2) is 17.4. The van der Waals surface area contributed by atoms with Crippen LogP contribution in [0.15, 0.2) is 48.8 Å². The number of anilines is 2. The molecule has 9 rings (SSSR count). The number of nitrogen functional groups attached to an aromatic ring is 1. The number of phenolic OH excluding ortho intramolecular Hbond substituents is 2. The molecule has 5 aromatic rings. The highest BCUT2D eigenvalue weighted by molar-refractivity contribution is 7.19. The third-order valence-electron chi connectivity index (χ3n) is 12.1. The molecule has 4 aliphatic heterocycles. The molecular weight excluding hydrogens is 797 g/mol. The number of hydrogen-bond donors (Lipinski definition) is 3. The van der Waals surface area contributed by atoms with Gasteiger partial charge in [0.2, 0.25) is 5.95 Å². The Morgan fingerprint density at radius 2 is 1.57 bits per heavy atom. The van der Waals surface area contributed by atoms with Gasteiger partial charge in [-0.15, -0.1) is 11.3 Å². The van der Waals surface area contributed by atoms with Crippen molar-refractivity contribution in [3.63, 3.8) is 0 Å². The third-order valence-corrected chi connectivity index (χ3v) is 13.2. The molecule has 0 saturated carbocycles. The van der Waals surface area contributed by atoms with Crippen LogP contribution in [0.25, 0.3) is 21.6 Å². The van der Waals surface area contributed by atoms with Gasteiger partial charge in [-0.1, -0.05) is 32.0 Å². The van der Waals surface area contributed by atoms with E-state index in [0.717, 1.165) is 97.9 Å². The van der Waals surface area contributed by atoms with E-state index in [1.54, 1.807) is 34.7 Å². The van der Waals surface area contributed by atoms with Gasteiger partial charge in [0.05, 0.1) is 34.6 Å². The molecule has 4 aliphatic rings. The maximum absolute atomic E-state index is 13.5. The fraction of sp³-hybridized carbons (Fsp3) is 0.455. The van der Waals surface area contributed by atoms with Gasteiger partial charge in [-0.2, -0.15) is 0 Å². The number of piperidine rings is 1. The lowest BCUT2D eigenvalue weighted by atomic mass is 9.98. The number of amides is 2. The fourth-order valence-electron chi connectivity index (χ4n) is 8.67. The van der Waals surface area contributed by atoms with E-state index in [1.165, 1.54) is 10.9 Å². The zero-order valence-electron chi connectivity index (χ0n) is 34.6. The lowest BCUT2D eigenvalue weighted by Crippen LogP contribution is -2.49. The smallest absolute Gasteiger partial charge is 0.410 e. The van der Waals surface area contributed by atoms with Crippen LogP contribution in [0.3, 0.4) is 0 Å². The van der Waals surface area contributed by atoms with Crippen LogP contribution < -0.4 is 10.6 Å². The molecule has 17 heteroatoms. The zero-order valence-corrected chi connectivity index (χ0v) is 35.4. The summed E-state index contributed by atoms with van der Waals surface area (Å²) in [6, 6.07) is 11.4. The van der Waals surface area contributed by atoms with Gasteiger partial charge < -0.3 is 40.1 Å². The molecule has 0 aliphatic carbocycles. The molecule has 7 heterocycles. The van der Waals surface area contributed by atoms with Gasteiger partial charge in [-0.05, 0) is 53.1 Å². The summed E-state index contributed by atoms with van der Waals surface area (Å²) >= 11 is 1.73. The number of fused-ring (bicyclic) bond motifs is 2. The predicted molar refractivity (Wildman–Crippen MR) is 231 cm³/mol. The highest BCUT2D eigenvalue weighted by Crippen LogP contribution is 2.37. The summed E-state index contributed by atoms with van der Waals surface area (Å²) in [7, 11) is 0. The van der Waals surface area contributed by atoms with Crippen LogP contribution in [0.1, 0.15) is 70.1 Å². The minimum absolute atomic E-state index is 0.00821. The Morgan fingerprint density at radius 3 is 2.31 bits per heavy atom. The topological polar surface area (TPSA) is 187 Å². The van der Waals surface area contributed by atoms with Gasteiger partial charge in [0.1, 0.15) is 17.6 Å². The number of carbonyl (C=O) groups excluding carboxylic acids is 2. The quantitative estimate of drug-likeness (QED) is 0.176. The molecular formula is C44H52N10O6S. The van der Waals surface area contributed by atoms with Gasteiger partial charge in [0.15, 0.2) is 11.6 Å². The molecule has 0 spiro atoms. The van der Waals surface area contributed by atoms with E-state index in [4.69, 9.17) is 25.2 Å². The molecule has 0 atom stereocenters. The van der Waals surface area contributed by atoms with Crippen LogP contribution in [-0.4, -0.2) is 133 Å². The minimum atomic E-state index is -0.256. The molecule has 3 saturated heterocycles. The van der Waals surface area contributed by atoms with E-state index in [9.17, 15) is 19.8 Å². The number of piperazine rings is 1. The number of nitrogens with two attached hydrogens (primary N) is 1. The van der Waals surface area contributed by atoms with Gasteiger partial charge >= 0.3 is 6.09 Å². The first-order valence-corrected chi connectivity index (χ1v) is 21.9. The molecule has 3 aromatic heterocycles. The first-order valence-electron chi connectivity index (χ1n) is 21.1. The lowest BCUT2D eigenvalue weighted by Gasteiger charge is -2.36. The van der Waals surface area contributed by atoms with Crippen molar-refractivity contribution in [3.05, 3.63) is 81.5 Å². The van der Waals surface area contributed by atoms with Gasteiger partial charge in [-0.25, -0.2) is 24.7 Å². The Bertz CT molecular complexity index is 2410. The zero-order chi connectivity index (χ0) is 42.2. The summed E-state index contributed by atoms with van der Waals surface area (Å²) in [6.45, 7) is 13.5. The number of phenols is 2. The van der Waals surface area contributed by atoms with Crippen molar-refractivity contribution in [2.45, 2.75) is 64.9 Å². The Balaban J connectivity index is 0.744. The Hall–Kier alpha value is -5.62. The molecule has 2 aromatic carbocycles. The van der Waals surface area contributed by atoms with Crippen LogP contribution in [-0.2, 0) is 35.7 Å². The number of rotatable bonds is 9. The lowest BCUT2D eigenvalue weighted by molar-refractivity contribution is 0.0174. The van der Waals surface area contributed by atoms with Crippen molar-refractivity contribution < 1.29 is 29.3 Å². The number of morpholine rings is 1. The van der Waals surface area contributed by atoms with Gasteiger partial charge in [0.25, 0.3) is 5.91 Å². The van der Waals surface area contributed by atoms with E-state index >= 15 is 0 Å². The standard InChI is InChI=1S/C44H52N10O6S/c1-27(2)34-19-35(38(56)20-37(34)55)42(57)54-24-29-4-3-28(17-30(29)25-54)23-51-9-11-53(12-10-51)44(58)60-32-5-7-50(8-6-32)26-33-18-36-39(61-33)41(52-13-15-59-16-14-52)49-40(48-36)31-21-46-43(45)47-22-31/h3-4,17-22,27,32,55-56H,5-16,23-26H2,1-2H3,(H2,45,46,47). The number of nitrogens with zero attached hydrogens (tertiary/aromatic N) is 9.